The van der Waals surface area contributed by atoms with E-state index in [2.05, 4.69) is 0 Å². The lowest BCUT2D eigenvalue weighted by Crippen LogP contribution is -2.28. The number of cyclic esters (lactones) is 1. The predicted molar refractivity (Wildman–Crippen MR) is 80.9 cm³/mol. The standard InChI is InChI=1S/C18H22O4/c19-16(21-13-14-7-3-1-4-8-14)11-15-12-18(17(20)22-15)9-5-2-6-10-18/h1,3-4,7-8,15H,2,5-6,9-13H2. The zero-order chi connectivity index (χ0) is 15.4. The Bertz CT molecular complexity index is 531. The van der Waals surface area contributed by atoms with Crippen LogP contribution in [-0.4, -0.2) is 18.0 Å². The van der Waals surface area contributed by atoms with Crippen LogP contribution in [0.2, 0.25) is 0 Å². The molecular formula is C18H22O4. The van der Waals surface area contributed by atoms with Gasteiger partial charge >= 0.3 is 11.9 Å². The minimum absolute atomic E-state index is 0.104. The summed E-state index contributed by atoms with van der Waals surface area (Å²) in [5.74, 6) is -0.400. The van der Waals surface area contributed by atoms with E-state index in [1.165, 1.54) is 6.42 Å². The van der Waals surface area contributed by atoms with Crippen molar-refractivity contribution < 1.29 is 19.1 Å². The summed E-state index contributed by atoms with van der Waals surface area (Å²) in [6.07, 6.45) is 5.70. The molecule has 1 aromatic rings. The highest BCUT2D eigenvalue weighted by molar-refractivity contribution is 5.80. The maximum Gasteiger partial charge on any atom is 0.312 e. The second-order valence-electron chi connectivity index (χ2n) is 6.42. The van der Waals surface area contributed by atoms with Crippen LogP contribution in [0.1, 0.15) is 50.5 Å². The Morgan fingerprint density at radius 2 is 1.91 bits per heavy atom. The molecule has 1 atom stereocenters. The van der Waals surface area contributed by atoms with Gasteiger partial charge in [0.15, 0.2) is 0 Å². The highest BCUT2D eigenvalue weighted by atomic mass is 16.6. The first kappa shape index (κ1) is 15.1. The first-order valence-corrected chi connectivity index (χ1v) is 8.09. The third-order valence-corrected chi connectivity index (χ3v) is 4.77. The van der Waals surface area contributed by atoms with Crippen molar-refractivity contribution in [2.45, 2.75) is 57.7 Å². The van der Waals surface area contributed by atoms with Crippen molar-refractivity contribution in [1.29, 1.82) is 0 Å². The van der Waals surface area contributed by atoms with Crippen LogP contribution in [0.4, 0.5) is 0 Å². The van der Waals surface area contributed by atoms with Gasteiger partial charge in [-0.15, -0.1) is 0 Å². The molecular weight excluding hydrogens is 280 g/mol. The zero-order valence-corrected chi connectivity index (χ0v) is 12.8. The molecule has 0 radical (unpaired) electrons. The van der Waals surface area contributed by atoms with Gasteiger partial charge < -0.3 is 9.47 Å². The highest BCUT2D eigenvalue weighted by Gasteiger charge is 2.49. The molecule has 0 aromatic heterocycles. The van der Waals surface area contributed by atoms with Crippen molar-refractivity contribution in [1.82, 2.24) is 0 Å². The lowest BCUT2D eigenvalue weighted by Gasteiger charge is -2.28. The van der Waals surface area contributed by atoms with Gasteiger partial charge in [0.2, 0.25) is 0 Å². The number of hydrogen-bond acceptors (Lipinski definition) is 4. The lowest BCUT2D eigenvalue weighted by molar-refractivity contribution is -0.153. The van der Waals surface area contributed by atoms with Gasteiger partial charge in [0.25, 0.3) is 0 Å². The normalized spacial score (nSPS) is 23.3. The van der Waals surface area contributed by atoms with Gasteiger partial charge in [0.05, 0.1) is 11.8 Å². The summed E-state index contributed by atoms with van der Waals surface area (Å²) in [5.41, 5.74) is 0.644. The predicted octanol–water partition coefficient (Wildman–Crippen LogP) is 3.39. The average molecular weight is 302 g/mol. The van der Waals surface area contributed by atoms with Crippen LogP contribution in [0.5, 0.6) is 0 Å². The molecule has 0 amide bonds. The van der Waals surface area contributed by atoms with E-state index in [0.29, 0.717) is 6.42 Å². The highest BCUT2D eigenvalue weighted by Crippen LogP contribution is 2.46. The number of carbonyl (C=O) groups excluding carboxylic acids is 2. The summed E-state index contributed by atoms with van der Waals surface area (Å²) in [5, 5.41) is 0. The van der Waals surface area contributed by atoms with Crippen LogP contribution in [0.25, 0.3) is 0 Å². The van der Waals surface area contributed by atoms with E-state index in [9.17, 15) is 9.59 Å². The molecule has 22 heavy (non-hydrogen) atoms. The summed E-state index contributed by atoms with van der Waals surface area (Å²) < 4.78 is 10.7. The van der Waals surface area contributed by atoms with Crippen molar-refractivity contribution >= 4 is 11.9 Å². The number of rotatable bonds is 4. The number of benzene rings is 1. The van der Waals surface area contributed by atoms with E-state index in [1.54, 1.807) is 0 Å². The number of esters is 2. The van der Waals surface area contributed by atoms with Crippen molar-refractivity contribution in [3.05, 3.63) is 35.9 Å². The quantitative estimate of drug-likeness (QED) is 0.800. The fourth-order valence-corrected chi connectivity index (χ4v) is 3.57. The van der Waals surface area contributed by atoms with Crippen molar-refractivity contribution in [2.75, 3.05) is 0 Å². The number of ether oxygens (including phenoxy) is 2. The summed E-state index contributed by atoms with van der Waals surface area (Å²) in [4.78, 5) is 24.1. The summed E-state index contributed by atoms with van der Waals surface area (Å²) in [6, 6.07) is 9.58. The topological polar surface area (TPSA) is 52.6 Å². The molecule has 1 spiro atoms. The van der Waals surface area contributed by atoms with Crippen molar-refractivity contribution in [3.8, 4) is 0 Å². The molecule has 4 nitrogen and oxygen atoms in total. The molecule has 2 aliphatic rings. The second-order valence-corrected chi connectivity index (χ2v) is 6.42. The lowest BCUT2D eigenvalue weighted by atomic mass is 9.72. The van der Waals surface area contributed by atoms with E-state index in [1.807, 2.05) is 30.3 Å². The van der Waals surface area contributed by atoms with Crippen LogP contribution >= 0.6 is 0 Å². The molecule has 0 N–H and O–H groups in total. The van der Waals surface area contributed by atoms with Gasteiger partial charge in [0, 0.05) is 6.42 Å². The third-order valence-electron chi connectivity index (χ3n) is 4.77. The van der Waals surface area contributed by atoms with E-state index in [4.69, 9.17) is 9.47 Å². The van der Waals surface area contributed by atoms with Crippen molar-refractivity contribution in [2.24, 2.45) is 5.41 Å². The van der Waals surface area contributed by atoms with E-state index < -0.39 is 0 Å². The molecule has 1 saturated heterocycles. The van der Waals surface area contributed by atoms with Gasteiger partial charge in [-0.1, -0.05) is 49.6 Å². The Morgan fingerprint density at radius 1 is 1.18 bits per heavy atom. The Hall–Kier alpha value is -1.84. The van der Waals surface area contributed by atoms with Gasteiger partial charge in [-0.25, -0.2) is 0 Å². The molecule has 1 heterocycles. The smallest absolute Gasteiger partial charge is 0.312 e. The molecule has 0 bridgehead atoms. The maximum absolute atomic E-state index is 12.1. The first-order valence-electron chi connectivity index (χ1n) is 8.09. The average Bonchev–Trinajstić information content (AvgIpc) is 2.82. The molecule has 1 saturated carbocycles. The van der Waals surface area contributed by atoms with E-state index in [-0.39, 0.29) is 36.5 Å². The largest absolute Gasteiger partial charge is 0.461 e. The fraction of sp³-hybridized carbons (Fsp3) is 0.556. The Balaban J connectivity index is 1.49. The molecule has 1 unspecified atom stereocenters. The summed E-state index contributed by atoms with van der Waals surface area (Å²) in [7, 11) is 0. The minimum Gasteiger partial charge on any atom is -0.461 e. The SMILES string of the molecule is O=C(CC1CC2(CCCCC2)C(=O)O1)OCc1ccccc1. The van der Waals surface area contributed by atoms with E-state index in [0.717, 1.165) is 31.2 Å². The van der Waals surface area contributed by atoms with Gasteiger partial charge in [-0.2, -0.15) is 0 Å². The Morgan fingerprint density at radius 3 is 2.64 bits per heavy atom. The molecule has 3 rings (SSSR count). The van der Waals surface area contributed by atoms with Gasteiger partial charge in [0.1, 0.15) is 12.7 Å². The fourth-order valence-electron chi connectivity index (χ4n) is 3.57. The van der Waals surface area contributed by atoms with Crippen LogP contribution in [0.3, 0.4) is 0 Å². The van der Waals surface area contributed by atoms with Crippen LogP contribution in [0.15, 0.2) is 30.3 Å². The third kappa shape index (κ3) is 3.32. The number of carbonyl (C=O) groups is 2. The van der Waals surface area contributed by atoms with Crippen molar-refractivity contribution in [3.63, 3.8) is 0 Å². The van der Waals surface area contributed by atoms with Gasteiger partial charge in [-0.05, 0) is 18.4 Å². The molecule has 1 aliphatic carbocycles. The van der Waals surface area contributed by atoms with Crippen LogP contribution in [-0.2, 0) is 25.7 Å². The molecule has 1 aliphatic heterocycles. The summed E-state index contributed by atoms with van der Waals surface area (Å²) in [6.45, 7) is 0.269. The van der Waals surface area contributed by atoms with Crippen LogP contribution in [0, 0.1) is 5.41 Å². The molecule has 118 valence electrons. The molecule has 4 heteroatoms. The van der Waals surface area contributed by atoms with Crippen LogP contribution < -0.4 is 0 Å². The molecule has 1 aromatic carbocycles. The summed E-state index contributed by atoms with van der Waals surface area (Å²) >= 11 is 0. The Labute approximate surface area is 130 Å². The second kappa shape index (κ2) is 6.51. The first-order chi connectivity index (χ1) is 10.7. The minimum atomic E-state index is -0.317. The Kier molecular flexibility index (Phi) is 4.46. The maximum atomic E-state index is 12.1. The molecule has 2 fully saturated rings. The number of hydrogen-bond donors (Lipinski definition) is 0. The van der Waals surface area contributed by atoms with Gasteiger partial charge in [-0.3, -0.25) is 9.59 Å². The van der Waals surface area contributed by atoms with E-state index >= 15 is 0 Å². The monoisotopic (exact) mass is 302 g/mol. The zero-order valence-electron chi connectivity index (χ0n) is 12.8.